The van der Waals surface area contributed by atoms with E-state index in [1.54, 1.807) is 18.2 Å². The van der Waals surface area contributed by atoms with Gasteiger partial charge in [0, 0.05) is 20.9 Å². The Kier molecular flexibility index (Phi) is 1.70. The average Bonchev–Trinajstić information content (AvgIpc) is 2.46. The Bertz CT molecular complexity index is 480. The zero-order valence-corrected chi connectivity index (χ0v) is 7.19. The van der Waals surface area contributed by atoms with E-state index in [1.165, 1.54) is 0 Å². The molecule has 0 fully saturated rings. The van der Waals surface area contributed by atoms with Crippen molar-refractivity contribution in [2.75, 3.05) is 0 Å². The molecule has 0 radical (unpaired) electrons. The van der Waals surface area contributed by atoms with Gasteiger partial charge in [-0.05, 0) is 12.1 Å². The first-order chi connectivity index (χ1) is 6.16. The number of fused-ring (bicyclic) bond motifs is 1. The van der Waals surface area contributed by atoms with Crippen LogP contribution in [0.2, 0.25) is 0 Å². The normalized spacial score (nSPS) is 10.5. The average molecular weight is 196 g/mol. The third kappa shape index (κ3) is 1.35. The molecule has 1 aromatic carbocycles. The molecule has 5 nitrogen and oxygen atoms in total. The largest absolute Gasteiger partial charge is 0.546 e. The van der Waals surface area contributed by atoms with Crippen LogP contribution in [0.15, 0.2) is 27.5 Å². The molecule has 0 unspecified atom stereocenters. The minimum absolute atomic E-state index is 0.393. The molecule has 1 heterocycles. The fourth-order valence-electron chi connectivity index (χ4n) is 0.982. The topological polar surface area (TPSA) is 69.2 Å². The summed E-state index contributed by atoms with van der Waals surface area (Å²) in [6, 6.07) is 4.39. The van der Waals surface area contributed by atoms with E-state index in [2.05, 4.69) is 17.6 Å². The molecule has 0 bridgehead atoms. The molecule has 0 saturated heterocycles. The monoisotopic (exact) mass is 196 g/mol. The lowest BCUT2D eigenvalue weighted by Crippen LogP contribution is -1.85. The number of rotatable bonds is 1. The third-order valence-electron chi connectivity index (χ3n) is 1.52. The van der Waals surface area contributed by atoms with Crippen LogP contribution in [-0.2, 0) is 0 Å². The predicted molar refractivity (Wildman–Crippen MR) is 47.9 cm³/mol. The summed E-state index contributed by atoms with van der Waals surface area (Å²) in [5.74, 6) is 0. The second-order valence-electron chi connectivity index (χ2n) is 2.41. The molecule has 2 aromatic rings. The van der Waals surface area contributed by atoms with E-state index in [1.807, 2.05) is 0 Å². The SMILES string of the molecule is O=[N+]([O-])c1nc2cc(S)ccc2o1. The second-order valence-corrected chi connectivity index (χ2v) is 2.92. The van der Waals surface area contributed by atoms with Crippen LogP contribution in [0, 0.1) is 10.1 Å². The Morgan fingerprint density at radius 2 is 2.31 bits per heavy atom. The number of hydrogen-bond donors (Lipinski definition) is 1. The summed E-state index contributed by atoms with van der Waals surface area (Å²) < 4.78 is 4.84. The summed E-state index contributed by atoms with van der Waals surface area (Å²) in [5, 5.41) is 10.3. The van der Waals surface area contributed by atoms with Crippen molar-refractivity contribution < 1.29 is 9.34 Å². The third-order valence-corrected chi connectivity index (χ3v) is 1.79. The Balaban J connectivity index is 2.68. The van der Waals surface area contributed by atoms with Crippen LogP contribution in [0.1, 0.15) is 0 Å². The number of nitro groups is 1. The highest BCUT2D eigenvalue weighted by Gasteiger charge is 2.16. The quantitative estimate of drug-likeness (QED) is 0.430. The van der Waals surface area contributed by atoms with Gasteiger partial charge in [0.15, 0.2) is 5.58 Å². The summed E-state index contributed by atoms with van der Waals surface area (Å²) in [7, 11) is 0. The molecule has 13 heavy (non-hydrogen) atoms. The fraction of sp³-hybridized carbons (Fsp3) is 0. The molecule has 1 aromatic heterocycles. The number of aromatic nitrogens is 1. The van der Waals surface area contributed by atoms with E-state index >= 15 is 0 Å². The molecule has 0 amide bonds. The van der Waals surface area contributed by atoms with Gasteiger partial charge in [-0.1, -0.05) is 0 Å². The number of hydrogen-bond acceptors (Lipinski definition) is 5. The molecular weight excluding hydrogens is 192 g/mol. The minimum atomic E-state index is -0.668. The Morgan fingerprint density at radius 1 is 1.54 bits per heavy atom. The van der Waals surface area contributed by atoms with Gasteiger partial charge in [0.25, 0.3) is 0 Å². The predicted octanol–water partition coefficient (Wildman–Crippen LogP) is 2.02. The molecule has 2 rings (SSSR count). The van der Waals surface area contributed by atoms with Gasteiger partial charge in [-0.25, -0.2) is 0 Å². The van der Waals surface area contributed by atoms with E-state index < -0.39 is 10.9 Å². The van der Waals surface area contributed by atoms with E-state index in [-0.39, 0.29) is 0 Å². The zero-order chi connectivity index (χ0) is 9.42. The van der Waals surface area contributed by atoms with E-state index in [4.69, 9.17) is 4.42 Å². The van der Waals surface area contributed by atoms with Crippen molar-refractivity contribution in [1.82, 2.24) is 4.98 Å². The van der Waals surface area contributed by atoms with E-state index in [0.29, 0.717) is 16.0 Å². The van der Waals surface area contributed by atoms with Crippen molar-refractivity contribution in [3.8, 4) is 0 Å². The van der Waals surface area contributed by atoms with Gasteiger partial charge in [-0.2, -0.15) is 0 Å². The highest BCUT2D eigenvalue weighted by molar-refractivity contribution is 7.80. The summed E-state index contributed by atoms with van der Waals surface area (Å²) in [6.07, 6.45) is 0. The molecule has 66 valence electrons. The van der Waals surface area contributed by atoms with Crippen molar-refractivity contribution in [3.05, 3.63) is 28.3 Å². The smallest absolute Gasteiger partial charge is 0.381 e. The van der Waals surface area contributed by atoms with Crippen LogP contribution in [0.4, 0.5) is 6.01 Å². The van der Waals surface area contributed by atoms with Crippen LogP contribution >= 0.6 is 12.6 Å². The van der Waals surface area contributed by atoms with Crippen molar-refractivity contribution in [1.29, 1.82) is 0 Å². The number of thiol groups is 1. The number of benzene rings is 1. The van der Waals surface area contributed by atoms with E-state index in [0.717, 1.165) is 0 Å². The molecule has 0 aliphatic rings. The lowest BCUT2D eigenvalue weighted by atomic mass is 10.3. The van der Waals surface area contributed by atoms with Crippen LogP contribution in [0.3, 0.4) is 0 Å². The van der Waals surface area contributed by atoms with Crippen LogP contribution in [-0.4, -0.2) is 9.91 Å². The van der Waals surface area contributed by atoms with Gasteiger partial charge in [0.2, 0.25) is 5.52 Å². The van der Waals surface area contributed by atoms with Gasteiger partial charge >= 0.3 is 6.01 Å². The molecular formula is C7H4N2O3S. The highest BCUT2D eigenvalue weighted by Crippen LogP contribution is 2.22. The van der Waals surface area contributed by atoms with Gasteiger partial charge in [0.05, 0.1) is 0 Å². The van der Waals surface area contributed by atoms with Crippen molar-refractivity contribution in [3.63, 3.8) is 0 Å². The van der Waals surface area contributed by atoms with Crippen molar-refractivity contribution in [2.24, 2.45) is 0 Å². The maximum atomic E-state index is 10.3. The molecule has 0 saturated carbocycles. The van der Waals surface area contributed by atoms with Crippen LogP contribution in [0.25, 0.3) is 11.1 Å². The first-order valence-corrected chi connectivity index (χ1v) is 3.85. The second kappa shape index (κ2) is 2.74. The summed E-state index contributed by atoms with van der Waals surface area (Å²) in [5.41, 5.74) is 0.837. The Labute approximate surface area is 77.9 Å². The van der Waals surface area contributed by atoms with Gasteiger partial charge in [-0.15, -0.1) is 12.6 Å². The first kappa shape index (κ1) is 8.06. The van der Waals surface area contributed by atoms with Crippen LogP contribution in [0.5, 0.6) is 0 Å². The summed E-state index contributed by atoms with van der Waals surface area (Å²) in [4.78, 5) is 14.0. The maximum absolute atomic E-state index is 10.3. The molecule has 0 spiro atoms. The molecule has 0 aliphatic heterocycles. The highest BCUT2D eigenvalue weighted by atomic mass is 32.1. The lowest BCUT2D eigenvalue weighted by Gasteiger charge is -1.84. The molecule has 0 N–H and O–H groups in total. The van der Waals surface area contributed by atoms with Crippen molar-refractivity contribution >= 4 is 29.7 Å². The Morgan fingerprint density at radius 3 is 3.00 bits per heavy atom. The minimum Gasteiger partial charge on any atom is -0.381 e. The van der Waals surface area contributed by atoms with Gasteiger partial charge in [-0.3, -0.25) is 0 Å². The maximum Gasteiger partial charge on any atom is 0.546 e. The first-order valence-electron chi connectivity index (χ1n) is 3.41. The fourth-order valence-corrected chi connectivity index (χ4v) is 1.18. The van der Waals surface area contributed by atoms with Crippen LogP contribution < -0.4 is 0 Å². The zero-order valence-electron chi connectivity index (χ0n) is 6.30. The summed E-state index contributed by atoms with van der Waals surface area (Å²) >= 11 is 4.07. The number of oxazole rings is 1. The van der Waals surface area contributed by atoms with E-state index in [9.17, 15) is 10.1 Å². The molecule has 0 atom stereocenters. The number of nitrogens with zero attached hydrogens (tertiary/aromatic N) is 2. The Hall–Kier alpha value is -1.56. The molecule has 0 aliphatic carbocycles. The molecule has 6 heteroatoms. The van der Waals surface area contributed by atoms with Gasteiger partial charge in [0.1, 0.15) is 0 Å². The summed E-state index contributed by atoms with van der Waals surface area (Å²) in [6.45, 7) is 0. The van der Waals surface area contributed by atoms with Gasteiger partial charge < -0.3 is 14.5 Å². The standard InChI is InChI=1S/C7H4N2O3S/c10-9(11)7-8-5-3-4(13)1-2-6(5)12-7/h1-3,13H. The van der Waals surface area contributed by atoms with Crippen molar-refractivity contribution in [2.45, 2.75) is 4.90 Å². The lowest BCUT2D eigenvalue weighted by molar-refractivity contribution is -0.406.